The standard InChI is InChI=1S/C19H26ClF2NO/c20-13-19(24)23(14-16-9-10-17(21)12-18(16)22)11-5-4-8-15-6-2-1-3-7-15/h9-10,12,15H,1-8,11,13-14H2. The molecule has 1 aromatic carbocycles. The number of alkyl halides is 1. The highest BCUT2D eigenvalue weighted by molar-refractivity contribution is 6.27. The lowest BCUT2D eigenvalue weighted by atomic mass is 9.86. The Balaban J connectivity index is 1.82. The number of hydrogen-bond acceptors (Lipinski definition) is 1. The van der Waals surface area contributed by atoms with E-state index in [1.807, 2.05) is 0 Å². The SMILES string of the molecule is O=C(CCl)N(CCCCC1CCCCC1)Cc1ccc(F)cc1F. The molecule has 1 aliphatic carbocycles. The Morgan fingerprint density at radius 1 is 1.17 bits per heavy atom. The minimum Gasteiger partial charge on any atom is -0.337 e. The van der Waals surface area contributed by atoms with Gasteiger partial charge in [-0.05, 0) is 18.4 Å². The molecule has 0 unspecified atom stereocenters. The number of halogens is 3. The Hall–Kier alpha value is -1.16. The first kappa shape index (κ1) is 19.2. The van der Waals surface area contributed by atoms with Crippen LogP contribution in [0.15, 0.2) is 18.2 Å². The van der Waals surface area contributed by atoms with Gasteiger partial charge in [-0.3, -0.25) is 4.79 Å². The number of nitrogens with zero attached hydrogens (tertiary/aromatic N) is 1. The van der Waals surface area contributed by atoms with Gasteiger partial charge in [-0.1, -0.05) is 51.0 Å². The summed E-state index contributed by atoms with van der Waals surface area (Å²) in [6.45, 7) is 0.705. The molecule has 0 aliphatic heterocycles. The Kier molecular flexibility index (Phi) is 7.97. The van der Waals surface area contributed by atoms with Crippen LogP contribution in [-0.2, 0) is 11.3 Å². The quantitative estimate of drug-likeness (QED) is 0.457. The van der Waals surface area contributed by atoms with Crippen molar-refractivity contribution < 1.29 is 13.6 Å². The summed E-state index contributed by atoms with van der Waals surface area (Å²) in [5.41, 5.74) is 0.321. The maximum absolute atomic E-state index is 13.8. The first-order valence-corrected chi connectivity index (χ1v) is 9.41. The van der Waals surface area contributed by atoms with Gasteiger partial charge in [0.25, 0.3) is 0 Å². The number of amides is 1. The summed E-state index contributed by atoms with van der Waals surface area (Å²) < 4.78 is 26.8. The van der Waals surface area contributed by atoms with Gasteiger partial charge >= 0.3 is 0 Å². The third-order valence-corrected chi connectivity index (χ3v) is 5.09. The van der Waals surface area contributed by atoms with Crippen molar-refractivity contribution >= 4 is 17.5 Å². The summed E-state index contributed by atoms with van der Waals surface area (Å²) in [6.07, 6.45) is 9.85. The number of carbonyl (C=O) groups excluding carboxylic acids is 1. The van der Waals surface area contributed by atoms with E-state index < -0.39 is 11.6 Å². The summed E-state index contributed by atoms with van der Waals surface area (Å²) in [6, 6.07) is 3.45. The van der Waals surface area contributed by atoms with Gasteiger partial charge in [0.15, 0.2) is 0 Å². The average molecular weight is 358 g/mol. The van der Waals surface area contributed by atoms with E-state index in [-0.39, 0.29) is 18.3 Å². The molecule has 1 saturated carbocycles. The Morgan fingerprint density at radius 3 is 2.58 bits per heavy atom. The van der Waals surface area contributed by atoms with Gasteiger partial charge in [0.1, 0.15) is 17.5 Å². The Morgan fingerprint density at radius 2 is 1.92 bits per heavy atom. The zero-order valence-electron chi connectivity index (χ0n) is 14.1. The second kappa shape index (κ2) is 9.97. The third kappa shape index (κ3) is 6.04. The molecule has 2 nitrogen and oxygen atoms in total. The largest absolute Gasteiger partial charge is 0.337 e. The molecule has 0 radical (unpaired) electrons. The van der Waals surface area contributed by atoms with E-state index in [0.717, 1.165) is 24.8 Å². The Bertz CT molecular complexity index is 532. The van der Waals surface area contributed by atoms with Gasteiger partial charge in [-0.15, -0.1) is 11.6 Å². The first-order valence-electron chi connectivity index (χ1n) is 8.88. The summed E-state index contributed by atoms with van der Waals surface area (Å²) in [5, 5.41) is 0. The van der Waals surface area contributed by atoms with Gasteiger partial charge in [0.05, 0.1) is 0 Å². The van der Waals surface area contributed by atoms with E-state index in [0.29, 0.717) is 12.1 Å². The second-order valence-corrected chi connectivity index (χ2v) is 6.95. The van der Waals surface area contributed by atoms with Crippen LogP contribution in [-0.4, -0.2) is 23.2 Å². The highest BCUT2D eigenvalue weighted by Crippen LogP contribution is 2.27. The van der Waals surface area contributed by atoms with E-state index in [1.54, 1.807) is 4.90 Å². The van der Waals surface area contributed by atoms with Crippen molar-refractivity contribution in [3.63, 3.8) is 0 Å². The Labute approximate surface area is 148 Å². The fourth-order valence-corrected chi connectivity index (χ4v) is 3.61. The number of unbranched alkanes of at least 4 members (excludes halogenated alkanes) is 1. The maximum atomic E-state index is 13.8. The predicted molar refractivity (Wildman–Crippen MR) is 92.9 cm³/mol. The predicted octanol–water partition coefficient (Wildman–Crippen LogP) is 5.28. The zero-order chi connectivity index (χ0) is 17.4. The molecule has 5 heteroatoms. The number of benzene rings is 1. The number of rotatable bonds is 8. The molecule has 1 amide bonds. The molecule has 0 N–H and O–H groups in total. The van der Waals surface area contributed by atoms with Gasteiger partial charge in [0, 0.05) is 24.7 Å². The molecule has 1 aliphatic rings. The molecule has 0 heterocycles. The van der Waals surface area contributed by atoms with Gasteiger partial charge in [-0.25, -0.2) is 8.78 Å². The lowest BCUT2D eigenvalue weighted by Crippen LogP contribution is -2.32. The van der Waals surface area contributed by atoms with Crippen molar-refractivity contribution in [2.45, 2.75) is 57.9 Å². The minimum atomic E-state index is -0.621. The minimum absolute atomic E-state index is 0.120. The van der Waals surface area contributed by atoms with Crippen LogP contribution in [0.1, 0.15) is 56.9 Å². The fourth-order valence-electron chi connectivity index (χ4n) is 3.44. The smallest absolute Gasteiger partial charge is 0.237 e. The van der Waals surface area contributed by atoms with Crippen molar-refractivity contribution in [2.24, 2.45) is 5.92 Å². The molecule has 0 aromatic heterocycles. The van der Waals surface area contributed by atoms with E-state index in [1.165, 1.54) is 50.7 Å². The summed E-state index contributed by atoms with van der Waals surface area (Å²) >= 11 is 5.67. The number of carbonyl (C=O) groups is 1. The normalized spacial score (nSPS) is 15.5. The van der Waals surface area contributed by atoms with Crippen LogP contribution < -0.4 is 0 Å². The van der Waals surface area contributed by atoms with E-state index in [4.69, 9.17) is 11.6 Å². The van der Waals surface area contributed by atoms with Crippen LogP contribution >= 0.6 is 11.6 Å². The van der Waals surface area contributed by atoms with Crippen LogP contribution in [0.5, 0.6) is 0 Å². The summed E-state index contributed by atoms with van der Waals surface area (Å²) in [5.74, 6) is -0.738. The average Bonchev–Trinajstić information content (AvgIpc) is 2.59. The van der Waals surface area contributed by atoms with Crippen molar-refractivity contribution in [2.75, 3.05) is 12.4 Å². The lowest BCUT2D eigenvalue weighted by molar-refractivity contribution is -0.129. The molecular weight excluding hydrogens is 332 g/mol. The fraction of sp³-hybridized carbons (Fsp3) is 0.632. The number of hydrogen-bond donors (Lipinski definition) is 0. The van der Waals surface area contributed by atoms with E-state index in [2.05, 4.69) is 0 Å². The second-order valence-electron chi connectivity index (χ2n) is 6.68. The van der Waals surface area contributed by atoms with Gasteiger partial charge < -0.3 is 4.90 Å². The molecular formula is C19H26ClF2NO. The van der Waals surface area contributed by atoms with Crippen LogP contribution in [0.4, 0.5) is 8.78 Å². The maximum Gasteiger partial charge on any atom is 0.237 e. The molecule has 1 aromatic rings. The van der Waals surface area contributed by atoms with Gasteiger partial charge in [-0.2, -0.15) is 0 Å². The van der Waals surface area contributed by atoms with Crippen molar-refractivity contribution in [3.8, 4) is 0 Å². The van der Waals surface area contributed by atoms with E-state index >= 15 is 0 Å². The topological polar surface area (TPSA) is 20.3 Å². The van der Waals surface area contributed by atoms with Crippen molar-refractivity contribution in [3.05, 3.63) is 35.4 Å². The molecule has 24 heavy (non-hydrogen) atoms. The van der Waals surface area contributed by atoms with Crippen molar-refractivity contribution in [1.82, 2.24) is 4.90 Å². The highest BCUT2D eigenvalue weighted by atomic mass is 35.5. The van der Waals surface area contributed by atoms with Crippen LogP contribution in [0, 0.1) is 17.6 Å². The molecule has 2 rings (SSSR count). The van der Waals surface area contributed by atoms with Crippen LogP contribution in [0.3, 0.4) is 0 Å². The molecule has 0 atom stereocenters. The molecule has 0 spiro atoms. The summed E-state index contributed by atoms with van der Waals surface area (Å²) in [7, 11) is 0. The summed E-state index contributed by atoms with van der Waals surface area (Å²) in [4.78, 5) is 13.6. The molecule has 0 bridgehead atoms. The van der Waals surface area contributed by atoms with Crippen molar-refractivity contribution in [1.29, 1.82) is 0 Å². The molecule has 134 valence electrons. The van der Waals surface area contributed by atoms with Crippen LogP contribution in [0.2, 0.25) is 0 Å². The zero-order valence-corrected chi connectivity index (χ0v) is 14.8. The third-order valence-electron chi connectivity index (χ3n) is 4.86. The van der Waals surface area contributed by atoms with Crippen LogP contribution in [0.25, 0.3) is 0 Å². The molecule has 0 saturated heterocycles. The molecule has 1 fully saturated rings. The van der Waals surface area contributed by atoms with Gasteiger partial charge in [0.2, 0.25) is 5.91 Å². The van der Waals surface area contributed by atoms with E-state index in [9.17, 15) is 13.6 Å². The monoisotopic (exact) mass is 357 g/mol. The highest BCUT2D eigenvalue weighted by Gasteiger charge is 2.16. The lowest BCUT2D eigenvalue weighted by Gasteiger charge is -2.24. The first-order chi connectivity index (χ1) is 11.6.